The molecule has 2 rings (SSSR count). The molecule has 1 saturated heterocycles. The van der Waals surface area contributed by atoms with Crippen LogP contribution in [0.1, 0.15) is 31.9 Å². The van der Waals surface area contributed by atoms with Crippen LogP contribution >= 0.6 is 0 Å². The van der Waals surface area contributed by atoms with Crippen LogP contribution < -0.4 is 5.73 Å². The average Bonchev–Trinajstić information content (AvgIpc) is 2.72. The summed E-state index contributed by atoms with van der Waals surface area (Å²) in [5, 5.41) is 0. The first-order chi connectivity index (χ1) is 8.13. The van der Waals surface area contributed by atoms with Crippen molar-refractivity contribution in [2.45, 2.75) is 32.4 Å². The zero-order valence-electron chi connectivity index (χ0n) is 10.6. The van der Waals surface area contributed by atoms with E-state index in [4.69, 9.17) is 5.73 Å². The Morgan fingerprint density at radius 2 is 2.24 bits per heavy atom. The quantitative estimate of drug-likeness (QED) is 0.874. The summed E-state index contributed by atoms with van der Waals surface area (Å²) < 4.78 is 13.3. The minimum atomic E-state index is -0.158. The van der Waals surface area contributed by atoms with E-state index in [1.54, 1.807) is 12.1 Å². The van der Waals surface area contributed by atoms with E-state index >= 15 is 0 Å². The molecule has 0 amide bonds. The normalized spacial score (nSPS) is 25.7. The first-order valence-corrected chi connectivity index (χ1v) is 6.34. The highest BCUT2D eigenvalue weighted by Crippen LogP contribution is 2.38. The molecule has 0 aliphatic carbocycles. The van der Waals surface area contributed by atoms with Crippen molar-refractivity contribution in [1.29, 1.82) is 0 Å². The molecule has 1 aromatic carbocycles. The predicted octanol–water partition coefficient (Wildman–Crippen LogP) is 2.56. The molecular weight excluding hydrogens is 215 g/mol. The maximum atomic E-state index is 13.3. The Kier molecular flexibility index (Phi) is 3.79. The third-order valence-electron chi connectivity index (χ3n) is 3.72. The summed E-state index contributed by atoms with van der Waals surface area (Å²) in [4.78, 5) is 2.42. The van der Waals surface area contributed by atoms with Gasteiger partial charge >= 0.3 is 0 Å². The van der Waals surface area contributed by atoms with Gasteiger partial charge in [0.05, 0.1) is 0 Å². The van der Waals surface area contributed by atoms with Crippen LogP contribution in [0, 0.1) is 11.7 Å². The van der Waals surface area contributed by atoms with Crippen molar-refractivity contribution in [2.24, 2.45) is 11.7 Å². The van der Waals surface area contributed by atoms with Gasteiger partial charge in [-0.3, -0.25) is 4.90 Å². The molecule has 2 atom stereocenters. The van der Waals surface area contributed by atoms with Crippen molar-refractivity contribution in [3.05, 3.63) is 35.6 Å². The molecule has 1 aliphatic rings. The number of hydrogen-bond acceptors (Lipinski definition) is 2. The Labute approximate surface area is 103 Å². The monoisotopic (exact) mass is 236 g/mol. The largest absolute Gasteiger partial charge is 0.330 e. The number of hydrogen-bond donors (Lipinski definition) is 1. The lowest BCUT2D eigenvalue weighted by Crippen LogP contribution is -2.33. The van der Waals surface area contributed by atoms with Crippen LogP contribution in [-0.2, 0) is 0 Å². The summed E-state index contributed by atoms with van der Waals surface area (Å²) >= 11 is 0. The number of nitrogens with two attached hydrogens (primary N) is 1. The van der Waals surface area contributed by atoms with Crippen LogP contribution in [0.3, 0.4) is 0 Å². The van der Waals surface area contributed by atoms with E-state index in [9.17, 15) is 4.39 Å². The third-order valence-corrected chi connectivity index (χ3v) is 3.72. The highest BCUT2D eigenvalue weighted by molar-refractivity contribution is 5.22. The SMILES string of the molecule is CC(C)N1CCC(CN)C1c1cccc(F)c1. The third kappa shape index (κ3) is 2.50. The molecule has 2 N–H and O–H groups in total. The Balaban J connectivity index is 2.31. The molecule has 94 valence electrons. The van der Waals surface area contributed by atoms with E-state index in [2.05, 4.69) is 18.7 Å². The minimum Gasteiger partial charge on any atom is -0.330 e. The molecule has 2 unspecified atom stereocenters. The molecule has 2 nitrogen and oxygen atoms in total. The van der Waals surface area contributed by atoms with E-state index < -0.39 is 0 Å². The Bertz CT molecular complexity index is 378. The van der Waals surface area contributed by atoms with E-state index in [0.717, 1.165) is 18.5 Å². The van der Waals surface area contributed by atoms with Crippen LogP contribution in [0.5, 0.6) is 0 Å². The van der Waals surface area contributed by atoms with Crippen molar-refractivity contribution < 1.29 is 4.39 Å². The van der Waals surface area contributed by atoms with E-state index in [0.29, 0.717) is 18.5 Å². The zero-order valence-corrected chi connectivity index (χ0v) is 10.6. The molecule has 1 aromatic rings. The molecule has 1 aliphatic heterocycles. The molecule has 0 saturated carbocycles. The molecule has 0 radical (unpaired) electrons. The van der Waals surface area contributed by atoms with Gasteiger partial charge in [-0.2, -0.15) is 0 Å². The fraction of sp³-hybridized carbons (Fsp3) is 0.571. The fourth-order valence-electron chi connectivity index (χ4n) is 2.86. The second-order valence-electron chi connectivity index (χ2n) is 5.12. The summed E-state index contributed by atoms with van der Waals surface area (Å²) in [7, 11) is 0. The molecule has 0 spiro atoms. The van der Waals surface area contributed by atoms with Gasteiger partial charge in [-0.1, -0.05) is 12.1 Å². The Morgan fingerprint density at radius 3 is 2.82 bits per heavy atom. The van der Waals surface area contributed by atoms with Gasteiger partial charge in [0.2, 0.25) is 0 Å². The van der Waals surface area contributed by atoms with Crippen LogP contribution in [-0.4, -0.2) is 24.0 Å². The highest BCUT2D eigenvalue weighted by Gasteiger charge is 2.35. The van der Waals surface area contributed by atoms with E-state index in [-0.39, 0.29) is 11.9 Å². The summed E-state index contributed by atoms with van der Waals surface area (Å²) in [5.74, 6) is 0.285. The van der Waals surface area contributed by atoms with Gasteiger partial charge in [0.15, 0.2) is 0 Å². The van der Waals surface area contributed by atoms with E-state index in [1.807, 2.05) is 6.07 Å². The van der Waals surface area contributed by atoms with Gasteiger partial charge in [-0.15, -0.1) is 0 Å². The lowest BCUT2D eigenvalue weighted by atomic mass is 9.93. The average molecular weight is 236 g/mol. The first kappa shape index (κ1) is 12.5. The molecule has 0 bridgehead atoms. The van der Waals surface area contributed by atoms with Gasteiger partial charge in [-0.25, -0.2) is 4.39 Å². The van der Waals surface area contributed by atoms with Crippen molar-refractivity contribution in [1.82, 2.24) is 4.90 Å². The van der Waals surface area contributed by atoms with Crippen molar-refractivity contribution in [2.75, 3.05) is 13.1 Å². The molecule has 1 fully saturated rings. The smallest absolute Gasteiger partial charge is 0.123 e. The molecular formula is C14H21FN2. The number of benzene rings is 1. The lowest BCUT2D eigenvalue weighted by molar-refractivity contribution is 0.184. The van der Waals surface area contributed by atoms with Crippen molar-refractivity contribution >= 4 is 0 Å². The summed E-state index contributed by atoms with van der Waals surface area (Å²) in [6.45, 7) is 6.10. The van der Waals surface area contributed by atoms with Crippen LogP contribution in [0.2, 0.25) is 0 Å². The van der Waals surface area contributed by atoms with Gasteiger partial charge < -0.3 is 5.73 Å². The second kappa shape index (κ2) is 5.15. The standard InChI is InChI=1S/C14H21FN2/c1-10(2)17-7-6-12(9-16)14(17)11-4-3-5-13(15)8-11/h3-5,8,10,12,14H,6-7,9,16H2,1-2H3. The molecule has 1 heterocycles. The Hall–Kier alpha value is -0.930. The maximum Gasteiger partial charge on any atom is 0.123 e. The number of nitrogens with zero attached hydrogens (tertiary/aromatic N) is 1. The summed E-state index contributed by atoms with van der Waals surface area (Å²) in [5.41, 5.74) is 6.90. The highest BCUT2D eigenvalue weighted by atomic mass is 19.1. The maximum absolute atomic E-state index is 13.3. The number of rotatable bonds is 3. The van der Waals surface area contributed by atoms with Gasteiger partial charge in [-0.05, 0) is 57.0 Å². The number of halogens is 1. The lowest BCUT2D eigenvalue weighted by Gasteiger charge is -2.31. The first-order valence-electron chi connectivity index (χ1n) is 6.34. The second-order valence-corrected chi connectivity index (χ2v) is 5.12. The van der Waals surface area contributed by atoms with Crippen molar-refractivity contribution in [3.63, 3.8) is 0 Å². The van der Waals surface area contributed by atoms with Gasteiger partial charge in [0.1, 0.15) is 5.82 Å². The Morgan fingerprint density at radius 1 is 1.47 bits per heavy atom. The van der Waals surface area contributed by atoms with Gasteiger partial charge in [0.25, 0.3) is 0 Å². The predicted molar refractivity (Wildman–Crippen MR) is 68.1 cm³/mol. The van der Waals surface area contributed by atoms with E-state index in [1.165, 1.54) is 6.07 Å². The fourth-order valence-corrected chi connectivity index (χ4v) is 2.86. The topological polar surface area (TPSA) is 29.3 Å². The van der Waals surface area contributed by atoms with Crippen LogP contribution in [0.4, 0.5) is 4.39 Å². The van der Waals surface area contributed by atoms with Crippen LogP contribution in [0.15, 0.2) is 24.3 Å². The summed E-state index contributed by atoms with van der Waals surface area (Å²) in [6.07, 6.45) is 1.11. The number of likely N-dealkylation sites (tertiary alicyclic amines) is 1. The van der Waals surface area contributed by atoms with Crippen LogP contribution in [0.25, 0.3) is 0 Å². The van der Waals surface area contributed by atoms with Crippen molar-refractivity contribution in [3.8, 4) is 0 Å². The summed E-state index contributed by atoms with van der Waals surface area (Å²) in [6, 6.07) is 7.69. The molecule has 3 heteroatoms. The zero-order chi connectivity index (χ0) is 12.4. The molecule has 0 aromatic heterocycles. The minimum absolute atomic E-state index is 0.158. The van der Waals surface area contributed by atoms with Gasteiger partial charge in [0, 0.05) is 12.1 Å². The molecule has 17 heavy (non-hydrogen) atoms.